The van der Waals surface area contributed by atoms with E-state index in [1.54, 1.807) is 13.0 Å². The first-order valence-corrected chi connectivity index (χ1v) is 9.21. The van der Waals surface area contributed by atoms with Crippen LogP contribution in [0.15, 0.2) is 16.3 Å². The molecule has 2 rings (SSSR count). The maximum Gasteiger partial charge on any atom is 0.265 e. The third-order valence-electron chi connectivity index (χ3n) is 2.75. The lowest BCUT2D eigenvalue weighted by atomic mass is 10.2. The quantitative estimate of drug-likeness (QED) is 0.847. The molecule has 0 fully saturated rings. The fraction of sp³-hybridized carbons (Fsp3) is 0.364. The highest BCUT2D eigenvalue weighted by Gasteiger charge is 2.20. The molecule has 1 atom stereocenters. The molecule has 2 aromatic rings. The fourth-order valence-corrected chi connectivity index (χ4v) is 4.07. The van der Waals surface area contributed by atoms with E-state index in [1.807, 2.05) is 6.92 Å². The first kappa shape index (κ1) is 16.0. The Morgan fingerprint density at radius 2 is 2.19 bits per heavy atom. The predicted molar refractivity (Wildman–Crippen MR) is 80.9 cm³/mol. The second kappa shape index (κ2) is 6.18. The zero-order valence-corrected chi connectivity index (χ0v) is 13.8. The number of aryl methyl sites for hydroxylation is 1. The third kappa shape index (κ3) is 3.64. The average molecular weight is 346 g/mol. The van der Waals surface area contributed by atoms with Crippen molar-refractivity contribution in [2.45, 2.75) is 30.5 Å². The third-order valence-corrected chi connectivity index (χ3v) is 6.23. The standard InChI is InChI=1S/C11H14N4O3S3/c1-3-7-10(20-15-14-7)11(16)13-6(2)8-4-5-9(19-8)21(12,17)18/h4-6H,3H2,1-2H3,(H,13,16)(H2,12,17,18). The average Bonchev–Trinajstić information content (AvgIpc) is 3.06. The highest BCUT2D eigenvalue weighted by molar-refractivity contribution is 7.91. The zero-order chi connectivity index (χ0) is 15.6. The molecule has 0 aliphatic rings. The summed E-state index contributed by atoms with van der Waals surface area (Å²) in [5.74, 6) is -0.264. The molecular formula is C11H14N4O3S3. The number of sulfonamides is 1. The van der Waals surface area contributed by atoms with E-state index in [2.05, 4.69) is 14.9 Å². The number of thiophene rings is 1. The Morgan fingerprint density at radius 3 is 2.76 bits per heavy atom. The minimum atomic E-state index is -3.71. The largest absolute Gasteiger partial charge is 0.344 e. The molecule has 0 aliphatic carbocycles. The summed E-state index contributed by atoms with van der Waals surface area (Å²) >= 11 is 2.08. The van der Waals surface area contributed by atoms with E-state index in [0.29, 0.717) is 21.9 Å². The smallest absolute Gasteiger partial charge is 0.265 e. The van der Waals surface area contributed by atoms with Gasteiger partial charge in [0.2, 0.25) is 10.0 Å². The van der Waals surface area contributed by atoms with E-state index in [-0.39, 0.29) is 16.2 Å². The van der Waals surface area contributed by atoms with Crippen molar-refractivity contribution in [2.24, 2.45) is 5.14 Å². The van der Waals surface area contributed by atoms with Crippen molar-refractivity contribution in [3.63, 3.8) is 0 Å². The normalized spacial score (nSPS) is 13.1. The van der Waals surface area contributed by atoms with Crippen LogP contribution in [-0.4, -0.2) is 23.9 Å². The Morgan fingerprint density at radius 1 is 1.48 bits per heavy atom. The van der Waals surface area contributed by atoms with Gasteiger partial charge in [0, 0.05) is 4.88 Å². The summed E-state index contributed by atoms with van der Waals surface area (Å²) < 4.78 is 26.3. The van der Waals surface area contributed by atoms with Crippen LogP contribution >= 0.6 is 22.9 Å². The van der Waals surface area contributed by atoms with Gasteiger partial charge in [0.1, 0.15) is 9.09 Å². The van der Waals surface area contributed by atoms with E-state index in [1.165, 1.54) is 6.07 Å². The SMILES string of the molecule is CCc1nnsc1C(=O)NC(C)c1ccc(S(N)(=O)=O)s1. The van der Waals surface area contributed by atoms with Gasteiger partial charge in [-0.15, -0.1) is 16.4 Å². The lowest BCUT2D eigenvalue weighted by Gasteiger charge is -2.11. The Hall–Kier alpha value is -1.36. The van der Waals surface area contributed by atoms with Crippen LogP contribution in [0.25, 0.3) is 0 Å². The molecule has 10 heteroatoms. The van der Waals surface area contributed by atoms with Crippen molar-refractivity contribution in [3.8, 4) is 0 Å². The van der Waals surface area contributed by atoms with Gasteiger partial charge < -0.3 is 5.32 Å². The van der Waals surface area contributed by atoms with Crippen molar-refractivity contribution < 1.29 is 13.2 Å². The van der Waals surface area contributed by atoms with Gasteiger partial charge in [-0.2, -0.15) is 0 Å². The van der Waals surface area contributed by atoms with Crippen molar-refractivity contribution in [1.82, 2.24) is 14.9 Å². The van der Waals surface area contributed by atoms with Gasteiger partial charge >= 0.3 is 0 Å². The van der Waals surface area contributed by atoms with Crippen LogP contribution < -0.4 is 10.5 Å². The number of primary sulfonamides is 1. The first-order chi connectivity index (χ1) is 9.82. The van der Waals surface area contributed by atoms with Gasteiger partial charge in [-0.05, 0) is 37.0 Å². The van der Waals surface area contributed by atoms with Gasteiger partial charge in [0.05, 0.1) is 11.7 Å². The highest BCUT2D eigenvalue weighted by atomic mass is 32.2. The lowest BCUT2D eigenvalue weighted by molar-refractivity contribution is 0.0943. The molecule has 0 aromatic carbocycles. The lowest BCUT2D eigenvalue weighted by Crippen LogP contribution is -2.26. The molecule has 0 bridgehead atoms. The molecule has 1 unspecified atom stereocenters. The van der Waals surface area contributed by atoms with Crippen LogP contribution in [0.4, 0.5) is 0 Å². The van der Waals surface area contributed by atoms with Crippen LogP contribution in [0, 0.1) is 0 Å². The molecule has 0 saturated heterocycles. The molecule has 0 radical (unpaired) electrons. The summed E-state index contributed by atoms with van der Waals surface area (Å²) in [5, 5.41) is 11.8. The Bertz CT molecular complexity index is 750. The second-order valence-electron chi connectivity index (χ2n) is 4.30. The number of carbonyl (C=O) groups excluding carboxylic acids is 1. The minimum absolute atomic E-state index is 0.0762. The number of hydrogen-bond donors (Lipinski definition) is 2. The van der Waals surface area contributed by atoms with Crippen LogP contribution in [0.3, 0.4) is 0 Å². The molecule has 1 amide bonds. The van der Waals surface area contributed by atoms with Crippen LogP contribution in [0.2, 0.25) is 0 Å². The second-order valence-corrected chi connectivity index (χ2v) is 7.96. The maximum atomic E-state index is 12.2. The Balaban J connectivity index is 2.13. The minimum Gasteiger partial charge on any atom is -0.344 e. The summed E-state index contributed by atoms with van der Waals surface area (Å²) in [4.78, 5) is 13.3. The zero-order valence-electron chi connectivity index (χ0n) is 11.4. The van der Waals surface area contributed by atoms with Gasteiger partial charge in [-0.25, -0.2) is 13.6 Å². The highest BCUT2D eigenvalue weighted by Crippen LogP contribution is 2.26. The number of nitrogens with one attached hydrogen (secondary N) is 1. The predicted octanol–water partition coefficient (Wildman–Crippen LogP) is 1.30. The van der Waals surface area contributed by atoms with E-state index in [9.17, 15) is 13.2 Å². The van der Waals surface area contributed by atoms with Gasteiger partial charge in [-0.1, -0.05) is 11.4 Å². The molecule has 0 saturated carbocycles. The van der Waals surface area contributed by atoms with E-state index in [4.69, 9.17) is 5.14 Å². The van der Waals surface area contributed by atoms with Crippen LogP contribution in [-0.2, 0) is 16.4 Å². The Labute approximate surface area is 130 Å². The molecule has 21 heavy (non-hydrogen) atoms. The first-order valence-electron chi connectivity index (χ1n) is 6.07. The van der Waals surface area contributed by atoms with Crippen molar-refractivity contribution in [3.05, 3.63) is 27.6 Å². The summed E-state index contributed by atoms with van der Waals surface area (Å²) in [5.41, 5.74) is 0.654. The molecule has 2 aromatic heterocycles. The van der Waals surface area contributed by atoms with Crippen molar-refractivity contribution >= 4 is 38.8 Å². The van der Waals surface area contributed by atoms with Crippen LogP contribution in [0.5, 0.6) is 0 Å². The monoisotopic (exact) mass is 346 g/mol. The number of carbonyl (C=O) groups is 1. The van der Waals surface area contributed by atoms with E-state index >= 15 is 0 Å². The summed E-state index contributed by atoms with van der Waals surface area (Å²) in [6.07, 6.45) is 0.627. The summed E-state index contributed by atoms with van der Waals surface area (Å²) in [6.45, 7) is 3.67. The van der Waals surface area contributed by atoms with Gasteiger partial charge in [-0.3, -0.25) is 4.79 Å². The van der Waals surface area contributed by atoms with Crippen LogP contribution in [0.1, 0.15) is 40.1 Å². The number of nitrogens with zero attached hydrogens (tertiary/aromatic N) is 2. The summed E-state index contributed by atoms with van der Waals surface area (Å²) in [6, 6.07) is 2.75. The van der Waals surface area contributed by atoms with Crippen molar-refractivity contribution in [1.29, 1.82) is 0 Å². The number of aromatic nitrogens is 2. The van der Waals surface area contributed by atoms with Gasteiger partial charge in [0.15, 0.2) is 0 Å². The maximum absolute atomic E-state index is 12.2. The molecular weight excluding hydrogens is 332 g/mol. The fourth-order valence-electron chi connectivity index (χ4n) is 1.67. The summed E-state index contributed by atoms with van der Waals surface area (Å²) in [7, 11) is -3.71. The number of hydrogen-bond acceptors (Lipinski definition) is 7. The van der Waals surface area contributed by atoms with E-state index in [0.717, 1.165) is 22.9 Å². The molecule has 0 spiro atoms. The molecule has 7 nitrogen and oxygen atoms in total. The molecule has 114 valence electrons. The number of nitrogens with two attached hydrogens (primary N) is 1. The number of amides is 1. The Kier molecular flexibility index (Phi) is 4.71. The molecule has 2 heterocycles. The van der Waals surface area contributed by atoms with Gasteiger partial charge in [0.25, 0.3) is 5.91 Å². The van der Waals surface area contributed by atoms with Crippen molar-refractivity contribution in [2.75, 3.05) is 0 Å². The molecule has 3 N–H and O–H groups in total. The van der Waals surface area contributed by atoms with E-state index < -0.39 is 10.0 Å². The topological polar surface area (TPSA) is 115 Å². The number of rotatable bonds is 5. The molecule has 0 aliphatic heterocycles.